The molecule has 0 heterocycles. The van der Waals surface area contributed by atoms with E-state index in [4.69, 9.17) is 11.6 Å². The predicted molar refractivity (Wildman–Crippen MR) is 144 cm³/mol. The highest BCUT2D eigenvalue weighted by Gasteiger charge is 2.18. The lowest BCUT2D eigenvalue weighted by Crippen LogP contribution is -2.29. The number of nitrogens with zero attached hydrogens (tertiary/aromatic N) is 2. The average molecular weight is 501 g/mol. The van der Waals surface area contributed by atoms with Crippen molar-refractivity contribution in [3.05, 3.63) is 130 Å². The van der Waals surface area contributed by atoms with Crippen molar-refractivity contribution >= 4 is 34.4 Å². The monoisotopic (exact) mass is 500 g/mol. The minimum atomic E-state index is -0.394. The number of aromatic hydroxyl groups is 1. The van der Waals surface area contributed by atoms with Crippen molar-refractivity contribution in [2.24, 2.45) is 4.99 Å². The maximum atomic E-state index is 13.2. The quantitative estimate of drug-likeness (QED) is 0.171. The van der Waals surface area contributed by atoms with E-state index in [0.29, 0.717) is 28.8 Å². The number of hydrogen-bond acceptors (Lipinski definition) is 3. The van der Waals surface area contributed by atoms with Crippen molar-refractivity contribution in [2.45, 2.75) is 24.9 Å². The average Bonchev–Trinajstić information content (AvgIpc) is 2.87. The molecule has 0 aliphatic carbocycles. The molecule has 4 nitrogen and oxygen atoms in total. The Morgan fingerprint density at radius 2 is 1.43 bits per heavy atom. The van der Waals surface area contributed by atoms with Gasteiger partial charge in [0, 0.05) is 18.0 Å². The molecule has 0 aliphatic heterocycles. The van der Waals surface area contributed by atoms with E-state index >= 15 is 0 Å². The van der Waals surface area contributed by atoms with E-state index in [9.17, 15) is 9.90 Å². The van der Waals surface area contributed by atoms with Crippen LogP contribution in [0.1, 0.15) is 27.0 Å². The van der Waals surface area contributed by atoms with Gasteiger partial charge in [0.05, 0.1) is 10.6 Å². The third-order valence-electron chi connectivity index (χ3n) is 5.33. The number of halogens is 1. The zero-order valence-corrected chi connectivity index (χ0v) is 20.8. The fraction of sp³-hybridized carbons (Fsp3) is 0.103. The fourth-order valence-electron chi connectivity index (χ4n) is 3.47. The van der Waals surface area contributed by atoms with Crippen LogP contribution in [0, 0.1) is 6.92 Å². The standard InChI is InChI=1S/C29H25ClN2O2S/c1-21-11-17-25(18-12-21)35-29(31-28(34)26-9-5-6-10-27(26)30)32(19-22-7-3-2-4-8-22)20-23-13-15-24(33)16-14-23/h2-18,33H,19-20H2,1H3. The Hall–Kier alpha value is -3.54. The summed E-state index contributed by atoms with van der Waals surface area (Å²) in [5, 5.41) is 10.7. The van der Waals surface area contributed by atoms with E-state index in [0.717, 1.165) is 21.6 Å². The molecule has 0 aliphatic rings. The van der Waals surface area contributed by atoms with Crippen LogP contribution < -0.4 is 0 Å². The number of thioether (sulfide) groups is 1. The highest BCUT2D eigenvalue weighted by Crippen LogP contribution is 2.26. The summed E-state index contributed by atoms with van der Waals surface area (Å²) in [5.74, 6) is -0.186. The Bertz CT molecular complexity index is 1310. The van der Waals surface area contributed by atoms with Crippen molar-refractivity contribution in [3.8, 4) is 5.75 Å². The topological polar surface area (TPSA) is 52.9 Å². The second-order valence-corrected chi connectivity index (χ2v) is 9.55. The van der Waals surface area contributed by atoms with Crippen LogP contribution in [0.3, 0.4) is 0 Å². The molecule has 0 saturated carbocycles. The van der Waals surface area contributed by atoms with Crippen LogP contribution in [0.25, 0.3) is 0 Å². The largest absolute Gasteiger partial charge is 0.508 e. The molecule has 0 fully saturated rings. The highest BCUT2D eigenvalue weighted by atomic mass is 35.5. The Morgan fingerprint density at radius 1 is 0.829 bits per heavy atom. The third kappa shape index (κ3) is 6.98. The van der Waals surface area contributed by atoms with E-state index < -0.39 is 5.91 Å². The molecule has 0 bridgehead atoms. The molecule has 0 saturated heterocycles. The molecule has 0 radical (unpaired) electrons. The van der Waals surface area contributed by atoms with E-state index in [-0.39, 0.29) is 5.75 Å². The number of amides is 1. The van der Waals surface area contributed by atoms with Gasteiger partial charge in [-0.05, 0) is 54.4 Å². The third-order valence-corrected chi connectivity index (χ3v) is 6.70. The van der Waals surface area contributed by atoms with Crippen molar-refractivity contribution < 1.29 is 9.90 Å². The molecule has 4 aromatic rings. The summed E-state index contributed by atoms with van der Waals surface area (Å²) in [6.45, 7) is 3.09. The Balaban J connectivity index is 1.75. The second-order valence-electron chi connectivity index (χ2n) is 8.10. The molecule has 0 aromatic heterocycles. The molecular formula is C29H25ClN2O2S. The Labute approximate surface area is 214 Å². The molecule has 0 spiro atoms. The van der Waals surface area contributed by atoms with Gasteiger partial charge in [-0.15, -0.1) is 0 Å². The number of phenolic OH excluding ortho intramolecular Hbond substituents is 1. The van der Waals surface area contributed by atoms with Crippen molar-refractivity contribution in [3.63, 3.8) is 0 Å². The van der Waals surface area contributed by atoms with Crippen molar-refractivity contribution in [1.82, 2.24) is 4.90 Å². The number of carbonyl (C=O) groups is 1. The van der Waals surface area contributed by atoms with Crippen molar-refractivity contribution in [1.29, 1.82) is 0 Å². The molecular weight excluding hydrogens is 476 g/mol. The first-order valence-electron chi connectivity index (χ1n) is 11.2. The molecule has 1 amide bonds. The lowest BCUT2D eigenvalue weighted by Gasteiger charge is -2.26. The number of rotatable bonds is 6. The first-order valence-corrected chi connectivity index (χ1v) is 12.4. The van der Waals surface area contributed by atoms with Gasteiger partial charge in [-0.2, -0.15) is 4.99 Å². The van der Waals surface area contributed by atoms with Gasteiger partial charge in [0.25, 0.3) is 5.91 Å². The van der Waals surface area contributed by atoms with Crippen LogP contribution in [0.5, 0.6) is 5.75 Å². The summed E-state index contributed by atoms with van der Waals surface area (Å²) in [6.07, 6.45) is 0. The maximum Gasteiger partial charge on any atom is 0.280 e. The summed E-state index contributed by atoms with van der Waals surface area (Å²) in [7, 11) is 0. The zero-order valence-electron chi connectivity index (χ0n) is 19.3. The lowest BCUT2D eigenvalue weighted by atomic mass is 10.1. The first-order chi connectivity index (χ1) is 17.0. The molecule has 0 atom stereocenters. The number of amidine groups is 1. The molecule has 0 unspecified atom stereocenters. The van der Waals surface area contributed by atoms with Gasteiger partial charge in [-0.3, -0.25) is 4.79 Å². The molecule has 4 aromatic carbocycles. The summed E-state index contributed by atoms with van der Waals surface area (Å²) in [4.78, 5) is 20.8. The zero-order chi connectivity index (χ0) is 24.6. The smallest absolute Gasteiger partial charge is 0.280 e. The van der Waals surface area contributed by atoms with E-state index in [1.165, 1.54) is 11.8 Å². The van der Waals surface area contributed by atoms with Gasteiger partial charge >= 0.3 is 0 Å². The predicted octanol–water partition coefficient (Wildman–Crippen LogP) is 7.34. The summed E-state index contributed by atoms with van der Waals surface area (Å²) in [6, 6.07) is 32.2. The molecule has 1 N–H and O–H groups in total. The minimum Gasteiger partial charge on any atom is -0.508 e. The second kappa shape index (κ2) is 11.7. The number of phenols is 1. The van der Waals surface area contributed by atoms with E-state index in [1.807, 2.05) is 73.7 Å². The molecule has 4 rings (SSSR count). The van der Waals surface area contributed by atoms with Crippen LogP contribution >= 0.6 is 23.4 Å². The number of aliphatic imine (C=N–C) groups is 1. The number of carbonyl (C=O) groups excluding carboxylic acids is 1. The van der Waals surface area contributed by atoms with Gasteiger partial charge in [-0.1, -0.05) is 95.7 Å². The van der Waals surface area contributed by atoms with Crippen LogP contribution in [-0.2, 0) is 13.1 Å². The van der Waals surface area contributed by atoms with Gasteiger partial charge in [0.15, 0.2) is 5.17 Å². The first kappa shape index (κ1) is 24.6. The Kier molecular flexibility index (Phi) is 8.24. The summed E-state index contributed by atoms with van der Waals surface area (Å²) in [5.41, 5.74) is 3.60. The SMILES string of the molecule is Cc1ccc(SC(=NC(=O)c2ccccc2Cl)N(Cc2ccccc2)Cc2ccc(O)cc2)cc1. The molecule has 6 heteroatoms. The molecule has 176 valence electrons. The lowest BCUT2D eigenvalue weighted by molar-refractivity contribution is 0.100. The number of aryl methyl sites for hydroxylation is 1. The maximum absolute atomic E-state index is 13.2. The number of hydrogen-bond donors (Lipinski definition) is 1. The van der Waals surface area contributed by atoms with E-state index in [1.54, 1.807) is 36.4 Å². The van der Waals surface area contributed by atoms with Crippen LogP contribution in [-0.4, -0.2) is 21.1 Å². The van der Waals surface area contributed by atoms with Gasteiger partial charge < -0.3 is 10.0 Å². The van der Waals surface area contributed by atoms with Crippen LogP contribution in [0.2, 0.25) is 5.02 Å². The van der Waals surface area contributed by atoms with Crippen molar-refractivity contribution in [2.75, 3.05) is 0 Å². The Morgan fingerprint density at radius 3 is 2.09 bits per heavy atom. The van der Waals surface area contributed by atoms with Crippen LogP contribution in [0.15, 0.2) is 113 Å². The van der Waals surface area contributed by atoms with Gasteiger partial charge in [0.2, 0.25) is 0 Å². The highest BCUT2D eigenvalue weighted by molar-refractivity contribution is 8.13. The summed E-state index contributed by atoms with van der Waals surface area (Å²) < 4.78 is 0. The van der Waals surface area contributed by atoms with Crippen LogP contribution in [0.4, 0.5) is 0 Å². The minimum absolute atomic E-state index is 0.208. The fourth-order valence-corrected chi connectivity index (χ4v) is 4.55. The normalized spacial score (nSPS) is 11.3. The van der Waals surface area contributed by atoms with Gasteiger partial charge in [0.1, 0.15) is 5.75 Å². The molecule has 35 heavy (non-hydrogen) atoms. The van der Waals surface area contributed by atoms with E-state index in [2.05, 4.69) is 9.89 Å². The number of benzene rings is 4. The summed E-state index contributed by atoms with van der Waals surface area (Å²) >= 11 is 7.74. The van der Waals surface area contributed by atoms with Gasteiger partial charge in [-0.25, -0.2) is 0 Å².